The molecule has 0 aliphatic carbocycles. The summed E-state index contributed by atoms with van der Waals surface area (Å²) >= 11 is 0. The van der Waals surface area contributed by atoms with E-state index in [4.69, 9.17) is 4.74 Å². The number of hydrogen-bond acceptors (Lipinski definition) is 3. The van der Waals surface area contributed by atoms with E-state index < -0.39 is 0 Å². The Bertz CT molecular complexity index is 479. The van der Waals surface area contributed by atoms with Crippen LogP contribution in [0.4, 0.5) is 10.1 Å². The molecule has 104 valence electrons. The zero-order valence-electron chi connectivity index (χ0n) is 11.7. The Morgan fingerprint density at radius 2 is 2.00 bits per heavy atom. The predicted octanol–water partition coefficient (Wildman–Crippen LogP) is 2.95. The summed E-state index contributed by atoms with van der Waals surface area (Å²) in [5.74, 6) is -0.413. The average Bonchev–Trinajstić information content (AvgIpc) is 2.41. The van der Waals surface area contributed by atoms with E-state index in [1.165, 1.54) is 13.0 Å². The van der Waals surface area contributed by atoms with Crippen LogP contribution in [-0.4, -0.2) is 32.1 Å². The van der Waals surface area contributed by atoms with E-state index in [2.05, 4.69) is 4.90 Å². The number of ether oxygens (including phenoxy) is 1. The van der Waals surface area contributed by atoms with Crippen molar-refractivity contribution in [2.24, 2.45) is 0 Å². The molecule has 1 saturated heterocycles. The number of ketones is 1. The van der Waals surface area contributed by atoms with Crippen LogP contribution in [0.15, 0.2) is 12.1 Å². The van der Waals surface area contributed by atoms with Crippen molar-refractivity contribution in [3.8, 4) is 0 Å². The first-order chi connectivity index (χ1) is 9.02. The van der Waals surface area contributed by atoms with E-state index in [0.29, 0.717) is 17.2 Å². The van der Waals surface area contributed by atoms with Gasteiger partial charge in [0.2, 0.25) is 0 Å². The minimum atomic E-state index is -0.319. The Morgan fingerprint density at radius 3 is 2.53 bits per heavy atom. The van der Waals surface area contributed by atoms with E-state index in [1.807, 2.05) is 0 Å². The van der Waals surface area contributed by atoms with E-state index in [0.717, 1.165) is 31.6 Å². The normalized spacial score (nSPS) is 16.7. The molecule has 3 nitrogen and oxygen atoms in total. The first-order valence-corrected chi connectivity index (χ1v) is 6.61. The number of carbonyl (C=O) groups excluding carboxylic acids is 1. The molecule has 1 aliphatic heterocycles. The van der Waals surface area contributed by atoms with Crippen LogP contribution in [0.5, 0.6) is 0 Å². The lowest BCUT2D eigenvalue weighted by atomic mass is 10.0. The fourth-order valence-electron chi connectivity index (χ4n) is 2.54. The summed E-state index contributed by atoms with van der Waals surface area (Å²) in [7, 11) is 1.73. The van der Waals surface area contributed by atoms with Crippen molar-refractivity contribution < 1.29 is 13.9 Å². The minimum absolute atomic E-state index is 0.0947. The molecule has 2 rings (SSSR count). The number of Topliss-reactive ketones (excluding diaryl/α,β-unsaturated/α-hetero) is 1. The van der Waals surface area contributed by atoms with Crippen LogP contribution in [0.3, 0.4) is 0 Å². The smallest absolute Gasteiger partial charge is 0.161 e. The summed E-state index contributed by atoms with van der Waals surface area (Å²) in [6.45, 7) is 4.88. The predicted molar refractivity (Wildman–Crippen MR) is 73.4 cm³/mol. The summed E-state index contributed by atoms with van der Waals surface area (Å²) in [4.78, 5) is 13.8. The molecule has 0 radical (unpaired) electrons. The first kappa shape index (κ1) is 14.0. The van der Waals surface area contributed by atoms with Crippen LogP contribution in [0.1, 0.15) is 35.7 Å². The third kappa shape index (κ3) is 2.95. The van der Waals surface area contributed by atoms with Gasteiger partial charge in [0.1, 0.15) is 5.82 Å². The maximum Gasteiger partial charge on any atom is 0.161 e. The van der Waals surface area contributed by atoms with Crippen molar-refractivity contribution in [1.29, 1.82) is 0 Å². The third-order valence-electron chi connectivity index (χ3n) is 3.77. The highest BCUT2D eigenvalue weighted by atomic mass is 19.1. The number of benzene rings is 1. The zero-order chi connectivity index (χ0) is 14.0. The highest BCUT2D eigenvalue weighted by molar-refractivity contribution is 6.00. The number of nitrogens with zero attached hydrogens (tertiary/aromatic N) is 1. The number of aryl methyl sites for hydroxylation is 1. The van der Waals surface area contributed by atoms with E-state index in [-0.39, 0.29) is 11.6 Å². The van der Waals surface area contributed by atoms with Crippen LogP contribution < -0.4 is 4.90 Å². The van der Waals surface area contributed by atoms with Gasteiger partial charge in [-0.3, -0.25) is 4.79 Å². The number of carbonyl (C=O) groups is 1. The van der Waals surface area contributed by atoms with Gasteiger partial charge in [0, 0.05) is 31.5 Å². The number of piperidine rings is 1. The van der Waals surface area contributed by atoms with Crippen molar-refractivity contribution in [2.75, 3.05) is 25.1 Å². The van der Waals surface area contributed by atoms with Gasteiger partial charge < -0.3 is 9.64 Å². The van der Waals surface area contributed by atoms with E-state index in [9.17, 15) is 9.18 Å². The van der Waals surface area contributed by atoms with Gasteiger partial charge in [-0.1, -0.05) is 0 Å². The summed E-state index contributed by atoms with van der Waals surface area (Å²) in [5, 5.41) is 0. The third-order valence-corrected chi connectivity index (χ3v) is 3.77. The Labute approximate surface area is 113 Å². The Hall–Kier alpha value is -1.42. The number of anilines is 1. The molecule has 19 heavy (non-hydrogen) atoms. The second-order valence-electron chi connectivity index (χ2n) is 5.10. The molecular weight excluding hydrogens is 245 g/mol. The topological polar surface area (TPSA) is 29.5 Å². The minimum Gasteiger partial charge on any atom is -0.381 e. The molecule has 0 aromatic heterocycles. The van der Waals surface area contributed by atoms with Gasteiger partial charge in [-0.25, -0.2) is 4.39 Å². The Balaban J connectivity index is 2.29. The molecule has 0 atom stereocenters. The maximum atomic E-state index is 13.6. The van der Waals surface area contributed by atoms with Crippen molar-refractivity contribution >= 4 is 11.5 Å². The molecular formula is C15H20FNO2. The molecule has 0 bridgehead atoms. The summed E-state index contributed by atoms with van der Waals surface area (Å²) in [6, 6.07) is 3.13. The zero-order valence-corrected chi connectivity index (χ0v) is 11.7. The number of halogens is 1. The number of hydrogen-bond donors (Lipinski definition) is 0. The van der Waals surface area contributed by atoms with Gasteiger partial charge in [-0.05, 0) is 44.4 Å². The van der Waals surface area contributed by atoms with Gasteiger partial charge in [0.25, 0.3) is 0 Å². The molecule has 1 aromatic carbocycles. The fraction of sp³-hybridized carbons (Fsp3) is 0.533. The van der Waals surface area contributed by atoms with Gasteiger partial charge in [0.05, 0.1) is 6.10 Å². The SMILES string of the molecule is COC1CCN(c2cc(C)c(F)cc2C(C)=O)CC1. The molecule has 1 heterocycles. The van der Waals surface area contributed by atoms with Crippen LogP contribution in [-0.2, 0) is 4.74 Å². The second kappa shape index (κ2) is 5.70. The van der Waals surface area contributed by atoms with Gasteiger partial charge in [0.15, 0.2) is 5.78 Å². The van der Waals surface area contributed by atoms with Gasteiger partial charge >= 0.3 is 0 Å². The highest BCUT2D eigenvalue weighted by Crippen LogP contribution is 2.28. The standard InChI is InChI=1S/C15H20FNO2/c1-10-8-15(13(11(2)18)9-14(10)16)17-6-4-12(19-3)5-7-17/h8-9,12H,4-7H2,1-3H3. The molecule has 1 aromatic rings. The van der Waals surface area contributed by atoms with Crippen molar-refractivity contribution in [3.63, 3.8) is 0 Å². The van der Waals surface area contributed by atoms with E-state index >= 15 is 0 Å². The summed E-state index contributed by atoms with van der Waals surface area (Å²) in [6.07, 6.45) is 2.16. The van der Waals surface area contributed by atoms with Crippen molar-refractivity contribution in [2.45, 2.75) is 32.8 Å². The lowest BCUT2D eigenvalue weighted by Gasteiger charge is -2.34. The first-order valence-electron chi connectivity index (χ1n) is 6.61. The van der Waals surface area contributed by atoms with Crippen LogP contribution in [0, 0.1) is 12.7 Å². The molecule has 0 saturated carbocycles. The number of rotatable bonds is 3. The Morgan fingerprint density at radius 1 is 1.37 bits per heavy atom. The summed E-state index contributed by atoms with van der Waals surface area (Å²) in [5.41, 5.74) is 1.90. The fourth-order valence-corrected chi connectivity index (χ4v) is 2.54. The molecule has 1 aliphatic rings. The van der Waals surface area contributed by atoms with Crippen LogP contribution >= 0.6 is 0 Å². The number of methoxy groups -OCH3 is 1. The lowest BCUT2D eigenvalue weighted by Crippen LogP contribution is -2.37. The molecule has 4 heteroatoms. The molecule has 0 amide bonds. The van der Waals surface area contributed by atoms with Crippen molar-refractivity contribution in [1.82, 2.24) is 0 Å². The maximum absolute atomic E-state index is 13.6. The van der Waals surface area contributed by atoms with Crippen molar-refractivity contribution in [3.05, 3.63) is 29.1 Å². The van der Waals surface area contributed by atoms with Gasteiger partial charge in [-0.2, -0.15) is 0 Å². The van der Waals surface area contributed by atoms with Gasteiger partial charge in [-0.15, -0.1) is 0 Å². The quantitative estimate of drug-likeness (QED) is 0.787. The molecule has 0 N–H and O–H groups in total. The van der Waals surface area contributed by atoms with E-state index in [1.54, 1.807) is 20.1 Å². The lowest BCUT2D eigenvalue weighted by molar-refractivity contribution is 0.0818. The summed E-state index contributed by atoms with van der Waals surface area (Å²) < 4.78 is 19.0. The monoisotopic (exact) mass is 265 g/mol. The second-order valence-corrected chi connectivity index (χ2v) is 5.10. The average molecular weight is 265 g/mol. The van der Waals surface area contributed by atoms with Crippen LogP contribution in [0.25, 0.3) is 0 Å². The molecule has 0 spiro atoms. The molecule has 0 unspecified atom stereocenters. The molecule has 1 fully saturated rings. The van der Waals surface area contributed by atoms with Crippen LogP contribution in [0.2, 0.25) is 0 Å². The largest absolute Gasteiger partial charge is 0.381 e. The highest BCUT2D eigenvalue weighted by Gasteiger charge is 2.22. The Kier molecular flexibility index (Phi) is 4.20.